The van der Waals surface area contributed by atoms with Gasteiger partial charge in [-0.15, -0.1) is 0 Å². The Balaban J connectivity index is 1.57. The third-order valence-electron chi connectivity index (χ3n) is 5.60. The smallest absolute Gasteiger partial charge is 0.325 e. The number of nitrogens with one attached hydrogen (secondary N) is 2. The lowest BCUT2D eigenvalue weighted by Gasteiger charge is -2.28. The molecular weight excluding hydrogens is 402 g/mol. The lowest BCUT2D eigenvalue weighted by atomic mass is 9.82. The summed E-state index contributed by atoms with van der Waals surface area (Å²) in [4.78, 5) is 40.1. The van der Waals surface area contributed by atoms with Crippen LogP contribution in [-0.4, -0.2) is 29.3 Å². The topological polar surface area (TPSA) is 78.5 Å². The summed E-state index contributed by atoms with van der Waals surface area (Å²) < 4.78 is 0. The van der Waals surface area contributed by atoms with E-state index in [1.807, 2.05) is 60.7 Å². The van der Waals surface area contributed by atoms with E-state index in [1.165, 1.54) is 5.56 Å². The summed E-state index contributed by atoms with van der Waals surface area (Å²) in [5, 5.41) is 5.62. The fourth-order valence-electron chi connectivity index (χ4n) is 4.04. The van der Waals surface area contributed by atoms with E-state index in [9.17, 15) is 14.4 Å². The first-order chi connectivity index (χ1) is 15.5. The van der Waals surface area contributed by atoms with Crippen molar-refractivity contribution in [3.8, 4) is 0 Å². The molecule has 0 radical (unpaired) electrons. The normalized spacial score (nSPS) is 14.8. The Bertz CT molecular complexity index is 1070. The molecule has 3 aromatic carbocycles. The summed E-state index contributed by atoms with van der Waals surface area (Å²) in [6.07, 6.45) is 2.01. The van der Waals surface area contributed by atoms with Crippen molar-refractivity contribution in [1.82, 2.24) is 10.2 Å². The van der Waals surface area contributed by atoms with Gasteiger partial charge < -0.3 is 10.6 Å². The minimum absolute atomic E-state index is 0.372. The number of aryl methyl sites for hydroxylation is 1. The zero-order chi connectivity index (χ0) is 22.6. The number of nitrogens with zero attached hydrogens (tertiary/aromatic N) is 1. The molecule has 0 saturated carbocycles. The lowest BCUT2D eigenvalue weighted by Crippen LogP contribution is -2.45. The summed E-state index contributed by atoms with van der Waals surface area (Å²) in [6.45, 7) is 1.74. The Morgan fingerprint density at radius 1 is 0.875 bits per heavy atom. The first-order valence-electron chi connectivity index (χ1n) is 10.7. The van der Waals surface area contributed by atoms with E-state index in [1.54, 1.807) is 24.3 Å². The van der Waals surface area contributed by atoms with Crippen LogP contribution in [0, 0.1) is 0 Å². The van der Waals surface area contributed by atoms with Crippen LogP contribution in [0.2, 0.25) is 0 Å². The first kappa shape index (κ1) is 21.3. The van der Waals surface area contributed by atoms with Crippen LogP contribution in [0.15, 0.2) is 84.9 Å². The molecule has 1 heterocycles. The van der Waals surface area contributed by atoms with Crippen LogP contribution in [0.5, 0.6) is 0 Å². The second kappa shape index (κ2) is 9.06. The molecule has 162 valence electrons. The number of imide groups is 1. The summed E-state index contributed by atoms with van der Waals surface area (Å²) >= 11 is 0. The molecule has 0 aliphatic carbocycles. The molecule has 4 rings (SSSR count). The molecule has 1 aliphatic heterocycles. The molecule has 1 saturated heterocycles. The van der Waals surface area contributed by atoms with E-state index in [2.05, 4.69) is 17.6 Å². The van der Waals surface area contributed by atoms with Gasteiger partial charge in [-0.05, 0) is 35.2 Å². The molecule has 6 heteroatoms. The quantitative estimate of drug-likeness (QED) is 0.558. The van der Waals surface area contributed by atoms with Gasteiger partial charge in [-0.25, -0.2) is 4.79 Å². The maximum absolute atomic E-state index is 13.6. The van der Waals surface area contributed by atoms with Crippen LogP contribution in [0.3, 0.4) is 0 Å². The average Bonchev–Trinajstić information content (AvgIpc) is 3.07. The van der Waals surface area contributed by atoms with Gasteiger partial charge in [0.1, 0.15) is 6.54 Å². The van der Waals surface area contributed by atoms with E-state index < -0.39 is 23.4 Å². The summed E-state index contributed by atoms with van der Waals surface area (Å²) in [5.41, 5.74) is 1.72. The van der Waals surface area contributed by atoms with Crippen molar-refractivity contribution in [2.45, 2.75) is 25.3 Å². The Hall–Kier alpha value is -3.93. The van der Waals surface area contributed by atoms with Crippen molar-refractivity contribution in [2.75, 3.05) is 11.9 Å². The van der Waals surface area contributed by atoms with Gasteiger partial charge in [0.2, 0.25) is 5.91 Å². The van der Waals surface area contributed by atoms with Crippen LogP contribution in [0.1, 0.15) is 30.0 Å². The number of anilines is 1. The summed E-state index contributed by atoms with van der Waals surface area (Å²) in [7, 11) is 0. The monoisotopic (exact) mass is 427 g/mol. The number of hydrogen-bond acceptors (Lipinski definition) is 3. The highest BCUT2D eigenvalue weighted by molar-refractivity contribution is 6.12. The van der Waals surface area contributed by atoms with Crippen molar-refractivity contribution < 1.29 is 14.4 Å². The maximum Gasteiger partial charge on any atom is 0.326 e. The second-order valence-electron chi connectivity index (χ2n) is 7.80. The van der Waals surface area contributed by atoms with Crippen LogP contribution < -0.4 is 10.6 Å². The fraction of sp³-hybridized carbons (Fsp3) is 0.192. The molecule has 32 heavy (non-hydrogen) atoms. The third kappa shape index (κ3) is 3.99. The Kier molecular flexibility index (Phi) is 6.03. The molecule has 3 aromatic rings. The van der Waals surface area contributed by atoms with Gasteiger partial charge >= 0.3 is 6.03 Å². The SMILES string of the molecule is CCCc1ccc(NC(=O)CN2C(=O)NC(c3ccccc3)(c3ccccc3)C2=O)cc1. The Labute approximate surface area is 187 Å². The maximum atomic E-state index is 13.6. The van der Waals surface area contributed by atoms with Crippen molar-refractivity contribution in [3.05, 3.63) is 102 Å². The van der Waals surface area contributed by atoms with Gasteiger partial charge in [0.25, 0.3) is 5.91 Å². The molecule has 1 aliphatic rings. The summed E-state index contributed by atoms with van der Waals surface area (Å²) in [5.74, 6) is -0.915. The van der Waals surface area contributed by atoms with Gasteiger partial charge in [-0.2, -0.15) is 0 Å². The largest absolute Gasteiger partial charge is 0.326 e. The number of amides is 4. The number of hydrogen-bond donors (Lipinski definition) is 2. The van der Waals surface area contributed by atoms with Crippen LogP contribution in [-0.2, 0) is 21.5 Å². The highest BCUT2D eigenvalue weighted by atomic mass is 16.2. The van der Waals surface area contributed by atoms with Gasteiger partial charge in [0.05, 0.1) is 0 Å². The fourth-order valence-corrected chi connectivity index (χ4v) is 4.04. The van der Waals surface area contributed by atoms with Crippen molar-refractivity contribution >= 4 is 23.5 Å². The molecule has 0 aromatic heterocycles. The van der Waals surface area contributed by atoms with Gasteiger partial charge in [-0.3, -0.25) is 14.5 Å². The molecule has 1 fully saturated rings. The van der Waals surface area contributed by atoms with E-state index in [0.29, 0.717) is 16.8 Å². The number of carbonyl (C=O) groups excluding carboxylic acids is 3. The number of benzene rings is 3. The van der Waals surface area contributed by atoms with Crippen LogP contribution in [0.25, 0.3) is 0 Å². The summed E-state index contributed by atoms with van der Waals surface area (Å²) in [6, 6.07) is 25.1. The number of carbonyl (C=O) groups is 3. The predicted molar refractivity (Wildman–Crippen MR) is 123 cm³/mol. The van der Waals surface area contributed by atoms with Crippen LogP contribution >= 0.6 is 0 Å². The lowest BCUT2D eigenvalue weighted by molar-refractivity contribution is -0.133. The highest BCUT2D eigenvalue weighted by Crippen LogP contribution is 2.35. The Morgan fingerprint density at radius 2 is 1.44 bits per heavy atom. The van der Waals surface area contributed by atoms with Gasteiger partial charge in [0.15, 0.2) is 5.54 Å². The standard InChI is InChI=1S/C26H25N3O3/c1-2-9-19-14-16-22(17-15-19)27-23(30)18-29-24(31)26(28-25(29)32,20-10-5-3-6-11-20)21-12-7-4-8-13-21/h3-8,10-17H,2,9,18H2,1H3,(H,27,30)(H,28,32). The molecule has 6 nitrogen and oxygen atoms in total. The number of rotatable bonds is 7. The van der Waals surface area contributed by atoms with Gasteiger partial charge in [0, 0.05) is 5.69 Å². The minimum Gasteiger partial charge on any atom is -0.325 e. The molecule has 0 spiro atoms. The van der Waals surface area contributed by atoms with E-state index in [-0.39, 0.29) is 6.54 Å². The average molecular weight is 428 g/mol. The molecule has 4 amide bonds. The van der Waals surface area contributed by atoms with Crippen molar-refractivity contribution in [3.63, 3.8) is 0 Å². The third-order valence-corrected chi connectivity index (χ3v) is 5.60. The Morgan fingerprint density at radius 3 is 1.97 bits per heavy atom. The molecule has 0 bridgehead atoms. The molecular formula is C26H25N3O3. The molecule has 0 unspecified atom stereocenters. The second-order valence-corrected chi connectivity index (χ2v) is 7.80. The van der Waals surface area contributed by atoms with Gasteiger partial charge in [-0.1, -0.05) is 86.1 Å². The van der Waals surface area contributed by atoms with E-state index >= 15 is 0 Å². The molecule has 2 N–H and O–H groups in total. The van der Waals surface area contributed by atoms with Crippen molar-refractivity contribution in [1.29, 1.82) is 0 Å². The van der Waals surface area contributed by atoms with Crippen LogP contribution in [0.4, 0.5) is 10.5 Å². The zero-order valence-electron chi connectivity index (χ0n) is 17.9. The number of urea groups is 1. The zero-order valence-corrected chi connectivity index (χ0v) is 17.9. The molecule has 0 atom stereocenters. The first-order valence-corrected chi connectivity index (χ1v) is 10.7. The van der Waals surface area contributed by atoms with E-state index in [0.717, 1.165) is 17.7 Å². The minimum atomic E-state index is -1.37. The highest BCUT2D eigenvalue weighted by Gasteiger charge is 2.54. The van der Waals surface area contributed by atoms with E-state index in [4.69, 9.17) is 0 Å². The predicted octanol–water partition coefficient (Wildman–Crippen LogP) is 4.07. The van der Waals surface area contributed by atoms with Crippen molar-refractivity contribution in [2.24, 2.45) is 0 Å².